The maximum Gasteiger partial charge on any atom is 0.317 e. The van der Waals surface area contributed by atoms with Crippen LogP contribution in [0.15, 0.2) is 103 Å². The van der Waals surface area contributed by atoms with Gasteiger partial charge in [0.15, 0.2) is 0 Å². The number of aliphatic carboxylic acids is 3. The molecule has 5 aromatic rings. The Morgan fingerprint density at radius 2 is 0.892 bits per heavy atom. The number of H-pyrrole nitrogens is 1. The summed E-state index contributed by atoms with van der Waals surface area (Å²) in [6.07, 6.45) is -0.982. The summed E-state index contributed by atoms with van der Waals surface area (Å²) in [5, 5.41) is 83.2. The van der Waals surface area contributed by atoms with E-state index in [9.17, 15) is 73.8 Å². The molecule has 4 aromatic carbocycles. The van der Waals surface area contributed by atoms with Crippen LogP contribution < -0.4 is 48.3 Å². The van der Waals surface area contributed by atoms with Crippen molar-refractivity contribution >= 4 is 112 Å². The fraction of sp³-hybridized carbons (Fsp3) is 0.493. The molecule has 0 saturated carbocycles. The number of nitrogens with zero attached hydrogens (tertiary/aromatic N) is 4. The lowest BCUT2D eigenvalue weighted by atomic mass is 9.97. The van der Waals surface area contributed by atoms with Crippen LogP contribution in [0.4, 0.5) is 0 Å². The Bertz CT molecular complexity index is 3590. The lowest BCUT2D eigenvalue weighted by molar-refractivity contribution is -0.140. The van der Waals surface area contributed by atoms with E-state index >= 15 is 9.59 Å². The second-order valence-electron chi connectivity index (χ2n) is 25.2. The van der Waals surface area contributed by atoms with Crippen LogP contribution in [0.25, 0.3) is 21.7 Å². The predicted octanol–water partition coefficient (Wildman–Crippen LogP) is -2.55. The zero-order valence-electron chi connectivity index (χ0n) is 57.1. The molecule has 0 unspecified atom stereocenters. The normalized spacial score (nSPS) is 16.7. The Kier molecular flexibility index (Phi) is 33.8. The average Bonchev–Trinajstić information content (AvgIpc) is 1.38. The van der Waals surface area contributed by atoms with Crippen LogP contribution >= 0.6 is 25.3 Å². The topological polar surface area (TPSA) is 460 Å². The number of rotatable bonds is 38. The van der Waals surface area contributed by atoms with E-state index in [0.717, 1.165) is 10.8 Å². The molecular formula is C69H96N14O17S2. The van der Waals surface area contributed by atoms with Gasteiger partial charge < -0.3 is 83.9 Å². The molecule has 556 valence electrons. The van der Waals surface area contributed by atoms with E-state index in [1.165, 1.54) is 13.8 Å². The first-order chi connectivity index (χ1) is 48.8. The van der Waals surface area contributed by atoms with Crippen molar-refractivity contribution in [3.63, 3.8) is 0 Å². The highest BCUT2D eigenvalue weighted by molar-refractivity contribution is 7.80. The number of thiol groups is 2. The summed E-state index contributed by atoms with van der Waals surface area (Å²) < 4.78 is 0. The van der Waals surface area contributed by atoms with Crippen LogP contribution in [-0.2, 0) is 72.0 Å². The van der Waals surface area contributed by atoms with E-state index < -0.39 is 145 Å². The maximum atomic E-state index is 15.4. The summed E-state index contributed by atoms with van der Waals surface area (Å²) >= 11 is 8.67. The highest BCUT2D eigenvalue weighted by Gasteiger charge is 2.37. The van der Waals surface area contributed by atoms with Gasteiger partial charge in [-0.1, -0.05) is 91.0 Å². The van der Waals surface area contributed by atoms with E-state index in [-0.39, 0.29) is 116 Å². The van der Waals surface area contributed by atoms with Crippen molar-refractivity contribution in [2.24, 2.45) is 5.73 Å². The van der Waals surface area contributed by atoms with Crippen molar-refractivity contribution in [2.45, 2.75) is 113 Å². The fourth-order valence-corrected chi connectivity index (χ4v) is 12.2. The van der Waals surface area contributed by atoms with Crippen molar-refractivity contribution in [3.8, 4) is 0 Å². The second kappa shape index (κ2) is 42.0. The van der Waals surface area contributed by atoms with Crippen molar-refractivity contribution in [3.05, 3.63) is 120 Å². The lowest BCUT2D eigenvalue weighted by Gasteiger charge is -2.33. The molecule has 1 aromatic heterocycles. The summed E-state index contributed by atoms with van der Waals surface area (Å²) in [5.74, 6) is -11.0. The number of nitrogens with two attached hydrogens (primary N) is 1. The van der Waals surface area contributed by atoms with E-state index in [1.54, 1.807) is 98.6 Å². The molecular weight excluding hydrogens is 1360 g/mol. The minimum Gasteiger partial charge on any atom is -0.480 e. The molecule has 1 fully saturated rings. The van der Waals surface area contributed by atoms with Gasteiger partial charge in [-0.3, -0.25) is 72.3 Å². The summed E-state index contributed by atoms with van der Waals surface area (Å²) in [7, 11) is 0. The highest BCUT2D eigenvalue weighted by Crippen LogP contribution is 2.23. The van der Waals surface area contributed by atoms with E-state index in [2.05, 4.69) is 72.8 Å². The number of nitrogens with one attached hydrogen (secondary N) is 9. The third-order valence-electron chi connectivity index (χ3n) is 17.4. The summed E-state index contributed by atoms with van der Waals surface area (Å²) in [4.78, 5) is 161. The lowest BCUT2D eigenvalue weighted by Crippen LogP contribution is -2.62. The number of aliphatic hydroxyl groups excluding tert-OH is 3. The first-order valence-corrected chi connectivity index (χ1v) is 35.0. The second-order valence-corrected chi connectivity index (χ2v) is 26.0. The molecule has 6 rings (SSSR count). The van der Waals surface area contributed by atoms with Crippen molar-refractivity contribution < 1.29 is 83.4 Å². The van der Waals surface area contributed by atoms with Gasteiger partial charge >= 0.3 is 17.9 Å². The van der Waals surface area contributed by atoms with Gasteiger partial charge in [0.2, 0.25) is 47.3 Å². The molecule has 10 atom stereocenters. The number of benzene rings is 4. The van der Waals surface area contributed by atoms with Crippen molar-refractivity contribution in [2.75, 3.05) is 103 Å². The van der Waals surface area contributed by atoms with Gasteiger partial charge in [-0.05, 0) is 73.2 Å². The standard InChI is InChI=1S/C69H96N14O17S2/c1-42(85)55(39-84)76-68(99)57(41-102)78-69(100)62(43(2)86)79-63(94)51(21-10-11-22-70)73-65(96)54(33-47-34-71-50-20-9-8-19-49(47)50)74-66(97)53(32-46-17-12-16-45-15-6-7-18-48(45)46)75-67(98)56(40-101)77-64(95)52(31-44-13-4-3-5-14-44)72-58(87)35-80-23-25-81(36-59(88)89)27-29-83(38-61(92)93)30-28-82(26-24-80)37-60(90)91/h3-9,12-20,34,42-43,51-57,62,71,84-86,101-102H,10-11,21-33,35-41,70H2,1-2H3,(H,72,87)(H,73,96)(H,74,97)(H,75,98)(H,76,99)(H,77,95)(H,78,100)(H,79,94)(H,88,89)(H,90,91)(H,92,93)/t42-,43-,51+,52-,53+,54-,55-,56+,57+,62+/m1/s1. The number of hydrogen-bond acceptors (Lipinski definition) is 21. The minimum absolute atomic E-state index is 0.0612. The van der Waals surface area contributed by atoms with E-state index in [1.807, 2.05) is 24.3 Å². The molecule has 1 saturated heterocycles. The number of aromatic nitrogens is 1. The molecule has 2 heterocycles. The quantitative estimate of drug-likeness (QED) is 0.0143. The number of carbonyl (C=O) groups is 11. The molecule has 1 aliphatic rings. The number of carboxylic acids is 3. The highest BCUT2D eigenvalue weighted by atomic mass is 32.1. The average molecular weight is 1460 g/mol. The Morgan fingerprint density at radius 3 is 1.40 bits per heavy atom. The van der Waals surface area contributed by atoms with Crippen molar-refractivity contribution in [1.29, 1.82) is 0 Å². The Labute approximate surface area is 601 Å². The molecule has 33 heteroatoms. The molecule has 0 aliphatic carbocycles. The first-order valence-electron chi connectivity index (χ1n) is 33.7. The first kappa shape index (κ1) is 82.2. The van der Waals surface area contributed by atoms with Crippen LogP contribution in [-0.4, -0.2) is 284 Å². The SMILES string of the molecule is C[C@@H](O)[C@H](NC(=O)[C@H](CCCCN)NC(=O)[C@@H](Cc1c[nH]c2ccccc12)NC(=O)[C@H](Cc1cccc2ccccc12)NC(=O)[C@H](CS)NC(=O)[C@@H](Cc1ccccc1)NC(=O)CN1CCN(CC(=O)O)CCN(CC(=O)O)CCN(CC(=O)O)CC1)C(=O)N[C@@H](CS)C(=O)N[C@H](CO)[C@@H](C)O. The summed E-state index contributed by atoms with van der Waals surface area (Å²) in [6, 6.07) is 17.1. The Morgan fingerprint density at radius 1 is 0.461 bits per heavy atom. The maximum absolute atomic E-state index is 15.4. The number of amides is 8. The van der Waals surface area contributed by atoms with Crippen LogP contribution in [0.1, 0.15) is 49.8 Å². The van der Waals surface area contributed by atoms with Crippen LogP contribution in [0, 0.1) is 0 Å². The number of carbonyl (C=O) groups excluding carboxylic acids is 8. The third-order valence-corrected chi connectivity index (χ3v) is 18.1. The molecule has 31 nitrogen and oxygen atoms in total. The molecule has 102 heavy (non-hydrogen) atoms. The smallest absolute Gasteiger partial charge is 0.317 e. The molecule has 17 N–H and O–H groups in total. The van der Waals surface area contributed by atoms with Crippen molar-refractivity contribution in [1.82, 2.24) is 67.1 Å². The van der Waals surface area contributed by atoms with Gasteiger partial charge in [0.05, 0.1) is 51.0 Å². The van der Waals surface area contributed by atoms with Gasteiger partial charge in [-0.2, -0.15) is 25.3 Å². The third kappa shape index (κ3) is 26.6. The molecule has 0 spiro atoms. The number of para-hydroxylation sites is 1. The fourth-order valence-electron chi connectivity index (χ4n) is 11.7. The number of aromatic amines is 1. The summed E-state index contributed by atoms with van der Waals surface area (Å²) in [5.41, 5.74) is 8.32. The van der Waals surface area contributed by atoms with Crippen LogP contribution in [0.2, 0.25) is 0 Å². The number of fused-ring (bicyclic) bond motifs is 2. The van der Waals surface area contributed by atoms with Gasteiger partial charge in [0.1, 0.15) is 42.3 Å². The zero-order valence-corrected chi connectivity index (χ0v) is 58.9. The number of carboxylic acid groups (broad SMARTS) is 3. The number of hydrogen-bond donors (Lipinski definition) is 18. The molecule has 8 amide bonds. The molecule has 0 bridgehead atoms. The Balaban J connectivity index is 1.28. The number of unbranched alkanes of at least 4 members (excludes halogenated alkanes) is 1. The monoisotopic (exact) mass is 1460 g/mol. The van der Waals surface area contributed by atoms with Gasteiger partial charge in [0, 0.05) is 100 Å². The van der Waals surface area contributed by atoms with E-state index in [0.29, 0.717) is 34.0 Å². The minimum atomic E-state index is -1.72. The van der Waals surface area contributed by atoms with Crippen LogP contribution in [0.5, 0.6) is 0 Å². The predicted molar refractivity (Wildman–Crippen MR) is 385 cm³/mol. The Hall–Kier alpha value is -8.77. The largest absolute Gasteiger partial charge is 0.480 e. The summed E-state index contributed by atoms with van der Waals surface area (Å²) in [6.45, 7) is 1.63. The van der Waals surface area contributed by atoms with Gasteiger partial charge in [0.25, 0.3) is 0 Å². The van der Waals surface area contributed by atoms with Crippen LogP contribution in [0.3, 0.4) is 0 Å². The van der Waals surface area contributed by atoms with Gasteiger partial charge in [-0.15, -0.1) is 0 Å². The number of aliphatic hydroxyl groups is 3. The molecule has 1 aliphatic heterocycles. The van der Waals surface area contributed by atoms with Gasteiger partial charge in [-0.25, -0.2) is 0 Å². The molecule has 0 radical (unpaired) electrons. The zero-order chi connectivity index (χ0) is 74.4. The van der Waals surface area contributed by atoms with E-state index in [4.69, 9.17) is 5.73 Å².